The molecule has 0 radical (unpaired) electrons. The molecule has 0 aliphatic carbocycles. The molecule has 3 N–H and O–H groups in total. The number of carbonyl (C=O) groups excluding carboxylic acids is 1. The molecular weight excluding hydrogens is 308 g/mol. The number of nitrogens with one attached hydrogen (secondary N) is 1. The third-order valence-corrected chi connectivity index (χ3v) is 4.90. The summed E-state index contributed by atoms with van der Waals surface area (Å²) in [5, 5.41) is 3.35. The van der Waals surface area contributed by atoms with Crippen molar-refractivity contribution in [1.29, 1.82) is 0 Å². The fourth-order valence-corrected chi connectivity index (χ4v) is 3.16. The molecule has 8 heteroatoms. The molecule has 0 saturated carbocycles. The van der Waals surface area contributed by atoms with Gasteiger partial charge < -0.3 is 15.5 Å². The predicted molar refractivity (Wildman–Crippen MR) is 84.4 cm³/mol. The zero-order chi connectivity index (χ0) is 15.2. The van der Waals surface area contributed by atoms with E-state index in [4.69, 9.17) is 10.2 Å². The van der Waals surface area contributed by atoms with E-state index in [-0.39, 0.29) is 11.8 Å². The molecule has 6 nitrogen and oxygen atoms in total. The van der Waals surface area contributed by atoms with Crippen LogP contribution < -0.4 is 11.1 Å². The minimum absolute atomic E-state index is 0.108. The molecule has 1 amide bonds. The Kier molecular flexibility index (Phi) is 5.77. The molecule has 0 bridgehead atoms. The number of thioether (sulfide) groups is 1. The van der Waals surface area contributed by atoms with E-state index in [9.17, 15) is 4.79 Å². The van der Waals surface area contributed by atoms with Crippen molar-refractivity contribution in [3.8, 4) is 0 Å². The molecule has 0 spiro atoms. The molecule has 0 aliphatic rings. The Morgan fingerprint density at radius 2 is 2.33 bits per heavy atom. The van der Waals surface area contributed by atoms with Crippen LogP contribution in [-0.4, -0.2) is 22.4 Å². The Morgan fingerprint density at radius 1 is 1.52 bits per heavy atom. The van der Waals surface area contributed by atoms with Gasteiger partial charge in [0.1, 0.15) is 5.76 Å². The average molecular weight is 326 g/mol. The molecule has 0 aromatic carbocycles. The van der Waals surface area contributed by atoms with E-state index in [2.05, 4.69) is 15.3 Å². The highest BCUT2D eigenvalue weighted by Gasteiger charge is 2.13. The van der Waals surface area contributed by atoms with E-state index in [0.29, 0.717) is 23.3 Å². The van der Waals surface area contributed by atoms with E-state index < -0.39 is 0 Å². The normalized spacial score (nSPS) is 12.3. The maximum atomic E-state index is 11.7. The number of aromatic nitrogens is 2. The summed E-state index contributed by atoms with van der Waals surface area (Å²) in [4.78, 5) is 20.1. The van der Waals surface area contributed by atoms with Crippen molar-refractivity contribution in [3.05, 3.63) is 24.0 Å². The van der Waals surface area contributed by atoms with Gasteiger partial charge in [-0.05, 0) is 0 Å². The number of rotatable bonds is 7. The van der Waals surface area contributed by atoms with Crippen LogP contribution in [-0.2, 0) is 17.0 Å². The fourth-order valence-electron chi connectivity index (χ4n) is 1.43. The van der Waals surface area contributed by atoms with E-state index in [0.717, 1.165) is 16.4 Å². The Balaban J connectivity index is 1.86. The van der Waals surface area contributed by atoms with Crippen LogP contribution in [0.2, 0.25) is 0 Å². The number of nitrogens with zero attached hydrogens (tertiary/aromatic N) is 2. The molecule has 2 aromatic rings. The molecule has 0 fully saturated rings. The summed E-state index contributed by atoms with van der Waals surface area (Å²) in [6.45, 7) is 4.13. The predicted octanol–water partition coefficient (Wildman–Crippen LogP) is 2.52. The van der Waals surface area contributed by atoms with Crippen molar-refractivity contribution < 1.29 is 9.21 Å². The summed E-state index contributed by atoms with van der Waals surface area (Å²) in [5.41, 5.74) is 5.46. The molecule has 0 aliphatic heterocycles. The lowest BCUT2D eigenvalue weighted by atomic mass is 10.2. The van der Waals surface area contributed by atoms with Crippen molar-refractivity contribution in [3.63, 3.8) is 0 Å². The minimum Gasteiger partial charge on any atom is -0.445 e. The maximum Gasteiger partial charge on any atom is 0.230 e. The van der Waals surface area contributed by atoms with Crippen LogP contribution in [0.4, 0.5) is 5.13 Å². The van der Waals surface area contributed by atoms with E-state index in [1.807, 2.05) is 6.92 Å². The highest BCUT2D eigenvalue weighted by Crippen LogP contribution is 2.30. The third-order valence-electron chi connectivity index (χ3n) is 2.80. The van der Waals surface area contributed by atoms with Crippen LogP contribution in [0.5, 0.6) is 0 Å². The van der Waals surface area contributed by atoms with E-state index >= 15 is 0 Å². The molecular formula is C13H18N4O2S2. The van der Waals surface area contributed by atoms with Crippen LogP contribution in [0.3, 0.4) is 0 Å². The highest BCUT2D eigenvalue weighted by atomic mass is 32.2. The molecule has 2 aromatic heterocycles. The van der Waals surface area contributed by atoms with Gasteiger partial charge in [0.05, 0.1) is 22.4 Å². The van der Waals surface area contributed by atoms with Crippen LogP contribution in [0.15, 0.2) is 21.0 Å². The zero-order valence-corrected chi connectivity index (χ0v) is 13.6. The molecule has 114 valence electrons. The lowest BCUT2D eigenvalue weighted by molar-refractivity contribution is -0.119. The van der Waals surface area contributed by atoms with Crippen LogP contribution in [0, 0.1) is 5.92 Å². The number of hydrogen-bond donors (Lipinski definition) is 2. The van der Waals surface area contributed by atoms with Crippen LogP contribution in [0.25, 0.3) is 0 Å². The van der Waals surface area contributed by atoms with E-state index in [1.54, 1.807) is 31.1 Å². The van der Waals surface area contributed by atoms with Crippen LogP contribution >= 0.6 is 23.1 Å². The number of amides is 1. The largest absolute Gasteiger partial charge is 0.445 e. The lowest BCUT2D eigenvalue weighted by Crippen LogP contribution is -2.26. The summed E-state index contributed by atoms with van der Waals surface area (Å²) >= 11 is 3.01. The number of aryl methyl sites for hydroxylation is 1. The summed E-state index contributed by atoms with van der Waals surface area (Å²) in [6.07, 6.45) is 4.33. The van der Waals surface area contributed by atoms with Gasteiger partial charge >= 0.3 is 0 Å². The van der Waals surface area contributed by atoms with E-state index in [1.165, 1.54) is 11.3 Å². The molecule has 2 heterocycles. The summed E-state index contributed by atoms with van der Waals surface area (Å²) in [6, 6.07) is 0. The molecule has 2 rings (SSSR count). The Morgan fingerprint density at radius 3 is 3.00 bits per heavy atom. The smallest absolute Gasteiger partial charge is 0.230 e. The van der Waals surface area contributed by atoms with Crippen molar-refractivity contribution in [2.45, 2.75) is 30.2 Å². The molecule has 21 heavy (non-hydrogen) atoms. The Bertz CT molecular complexity index is 597. The van der Waals surface area contributed by atoms with Gasteiger partial charge in [-0.15, -0.1) is 11.8 Å². The number of nitrogens with two attached hydrogens (primary N) is 1. The minimum atomic E-state index is -0.218. The summed E-state index contributed by atoms with van der Waals surface area (Å²) in [5.74, 6) is 1.91. The van der Waals surface area contributed by atoms with Gasteiger partial charge in [-0.25, -0.2) is 9.97 Å². The third kappa shape index (κ3) is 4.55. The first-order valence-corrected chi connectivity index (χ1v) is 8.45. The van der Waals surface area contributed by atoms with Gasteiger partial charge in [0, 0.05) is 18.9 Å². The SMILES string of the molecule is CCc1cnc(CSc2cnc(NC(=O)C(C)CN)s2)o1. The molecule has 1 atom stereocenters. The highest BCUT2D eigenvalue weighted by molar-refractivity contribution is 8.00. The van der Waals surface area contributed by atoms with Gasteiger partial charge in [0.2, 0.25) is 11.8 Å². The molecule has 0 saturated heterocycles. The van der Waals surface area contributed by atoms with Gasteiger partial charge in [0.25, 0.3) is 0 Å². The average Bonchev–Trinajstić information content (AvgIpc) is 3.13. The number of hydrogen-bond acceptors (Lipinski definition) is 7. The standard InChI is InChI=1S/C13H18N4O2S2/c1-3-9-5-15-10(19-9)7-20-11-6-16-13(21-11)17-12(18)8(2)4-14/h5-6,8H,3-4,7,14H2,1-2H3,(H,16,17,18). The first-order chi connectivity index (χ1) is 10.1. The van der Waals surface area contributed by atoms with Crippen LogP contribution in [0.1, 0.15) is 25.5 Å². The second kappa shape index (κ2) is 7.58. The lowest BCUT2D eigenvalue weighted by Gasteiger charge is -2.06. The summed E-state index contributed by atoms with van der Waals surface area (Å²) in [7, 11) is 0. The number of carbonyl (C=O) groups is 1. The first-order valence-electron chi connectivity index (χ1n) is 6.65. The Labute approximate surface area is 131 Å². The molecule has 1 unspecified atom stereocenters. The second-order valence-corrected chi connectivity index (χ2v) is 6.78. The van der Waals surface area contributed by atoms with Gasteiger partial charge in [-0.1, -0.05) is 25.2 Å². The summed E-state index contributed by atoms with van der Waals surface area (Å²) < 4.78 is 6.54. The zero-order valence-electron chi connectivity index (χ0n) is 12.0. The van der Waals surface area contributed by atoms with Crippen molar-refractivity contribution >= 4 is 34.1 Å². The van der Waals surface area contributed by atoms with Crippen molar-refractivity contribution in [2.24, 2.45) is 11.7 Å². The van der Waals surface area contributed by atoms with Gasteiger partial charge in [0.15, 0.2) is 5.13 Å². The second-order valence-electron chi connectivity index (χ2n) is 4.47. The first kappa shape index (κ1) is 16.0. The monoisotopic (exact) mass is 326 g/mol. The topological polar surface area (TPSA) is 94.0 Å². The number of oxazole rings is 1. The number of thiazole rings is 1. The van der Waals surface area contributed by atoms with Gasteiger partial charge in [-0.3, -0.25) is 4.79 Å². The number of anilines is 1. The quantitative estimate of drug-likeness (QED) is 0.759. The fraction of sp³-hybridized carbons (Fsp3) is 0.462. The Hall–Kier alpha value is -1.38. The van der Waals surface area contributed by atoms with Gasteiger partial charge in [-0.2, -0.15) is 0 Å². The van der Waals surface area contributed by atoms with Crippen molar-refractivity contribution in [2.75, 3.05) is 11.9 Å². The maximum absolute atomic E-state index is 11.7. The van der Waals surface area contributed by atoms with Crippen molar-refractivity contribution in [1.82, 2.24) is 9.97 Å².